The van der Waals surface area contributed by atoms with Gasteiger partial charge in [0.25, 0.3) is 0 Å². The summed E-state index contributed by atoms with van der Waals surface area (Å²) < 4.78 is 36.1. The van der Waals surface area contributed by atoms with Gasteiger partial charge in [-0.1, -0.05) is 15.9 Å². The van der Waals surface area contributed by atoms with E-state index in [2.05, 4.69) is 15.9 Å². The van der Waals surface area contributed by atoms with Crippen LogP contribution in [0, 0.1) is 6.92 Å². The molecule has 4 nitrogen and oxygen atoms in total. The third kappa shape index (κ3) is 3.32. The number of sulfonamides is 1. The smallest absolute Gasteiger partial charge is 0.247 e. The van der Waals surface area contributed by atoms with Crippen molar-refractivity contribution in [1.82, 2.24) is 0 Å². The molecule has 1 atom stereocenters. The maximum absolute atomic E-state index is 12.3. The average molecular weight is 380 g/mol. The summed E-state index contributed by atoms with van der Waals surface area (Å²) in [7, 11) is -5.14. The molecule has 0 aliphatic heterocycles. The Morgan fingerprint density at radius 3 is 2.47 bits per heavy atom. The molecule has 0 saturated carbocycles. The minimum atomic E-state index is -3.74. The minimum Gasteiger partial charge on any atom is -0.248 e. The number of nitrogens with two attached hydrogens (primary N) is 1. The molecule has 0 radical (unpaired) electrons. The molecule has 2 aromatic rings. The van der Waals surface area contributed by atoms with Gasteiger partial charge in [0.1, 0.15) is 4.21 Å². The van der Waals surface area contributed by atoms with Crippen molar-refractivity contribution in [3.63, 3.8) is 0 Å². The number of rotatable bonds is 3. The highest BCUT2D eigenvalue weighted by Gasteiger charge is 2.16. The first-order valence-corrected chi connectivity index (χ1v) is 9.40. The van der Waals surface area contributed by atoms with Crippen LogP contribution < -0.4 is 5.14 Å². The zero-order valence-corrected chi connectivity index (χ0v) is 13.8. The number of aryl methyl sites for hydroxylation is 1. The number of halogens is 1. The highest BCUT2D eigenvalue weighted by Crippen LogP contribution is 2.28. The van der Waals surface area contributed by atoms with Crippen LogP contribution in [-0.4, -0.2) is 12.6 Å². The summed E-state index contributed by atoms with van der Waals surface area (Å²) in [5.74, 6) is 0. The van der Waals surface area contributed by atoms with Crippen molar-refractivity contribution in [3.8, 4) is 0 Å². The van der Waals surface area contributed by atoms with Crippen molar-refractivity contribution in [2.45, 2.75) is 20.2 Å². The van der Waals surface area contributed by atoms with Crippen LogP contribution in [0.3, 0.4) is 0 Å². The Labute approximate surface area is 126 Å². The molecule has 0 aliphatic rings. The lowest BCUT2D eigenvalue weighted by atomic mass is 10.2. The van der Waals surface area contributed by atoms with Gasteiger partial charge in [0.2, 0.25) is 10.0 Å². The van der Waals surface area contributed by atoms with Crippen LogP contribution in [-0.2, 0) is 20.8 Å². The Hall–Kier alpha value is -0.540. The van der Waals surface area contributed by atoms with E-state index in [0.29, 0.717) is 9.10 Å². The zero-order valence-electron chi connectivity index (χ0n) is 9.79. The number of primary sulfonamides is 1. The summed E-state index contributed by atoms with van der Waals surface area (Å²) in [5.41, 5.74) is 0.967. The van der Waals surface area contributed by atoms with E-state index in [0.717, 1.165) is 21.4 Å². The molecule has 8 heteroatoms. The van der Waals surface area contributed by atoms with Crippen LogP contribution in [0.4, 0.5) is 0 Å². The van der Waals surface area contributed by atoms with Gasteiger partial charge in [-0.2, -0.15) is 0 Å². The normalized spacial score (nSPS) is 13.4. The Bertz CT molecular complexity index is 752. The van der Waals surface area contributed by atoms with E-state index >= 15 is 0 Å². The van der Waals surface area contributed by atoms with Crippen LogP contribution in [0.5, 0.6) is 0 Å². The maximum atomic E-state index is 12.3. The highest BCUT2D eigenvalue weighted by atomic mass is 79.9. The van der Waals surface area contributed by atoms with E-state index in [1.54, 1.807) is 12.1 Å². The lowest BCUT2D eigenvalue weighted by Gasteiger charge is -2.02. The zero-order chi connectivity index (χ0) is 14.2. The number of benzene rings is 1. The summed E-state index contributed by atoms with van der Waals surface area (Å²) >= 11 is 4.30. The quantitative estimate of drug-likeness (QED) is 0.889. The topological polar surface area (TPSA) is 77.2 Å². The van der Waals surface area contributed by atoms with Gasteiger partial charge in [0.15, 0.2) is 0 Å². The summed E-state index contributed by atoms with van der Waals surface area (Å²) in [4.78, 5) is 0.628. The fraction of sp³-hybridized carbons (Fsp3) is 0.0909. The molecule has 0 fully saturated rings. The van der Waals surface area contributed by atoms with Gasteiger partial charge in [-0.3, -0.25) is 0 Å². The van der Waals surface area contributed by atoms with Gasteiger partial charge < -0.3 is 0 Å². The van der Waals surface area contributed by atoms with Crippen LogP contribution in [0.1, 0.15) is 5.56 Å². The predicted molar refractivity (Wildman–Crippen MR) is 79.2 cm³/mol. The van der Waals surface area contributed by atoms with E-state index < -0.39 is 20.8 Å². The minimum absolute atomic E-state index is 0.0182. The summed E-state index contributed by atoms with van der Waals surface area (Å²) in [6.45, 7) is 1.90. The first-order chi connectivity index (χ1) is 8.79. The van der Waals surface area contributed by atoms with E-state index in [4.69, 9.17) is 5.14 Å². The average Bonchev–Trinajstić information content (AvgIpc) is 2.81. The molecule has 1 aromatic carbocycles. The molecule has 0 unspecified atom stereocenters. The van der Waals surface area contributed by atoms with Gasteiger partial charge in [0.05, 0.1) is 15.0 Å². The Morgan fingerprint density at radius 2 is 1.95 bits per heavy atom. The fourth-order valence-corrected chi connectivity index (χ4v) is 5.03. The van der Waals surface area contributed by atoms with Crippen molar-refractivity contribution < 1.29 is 12.6 Å². The first-order valence-electron chi connectivity index (χ1n) is 5.09. The SMILES string of the molecule is Cc1cc([S@@](=O)c2ccc(S(N)(=O)=O)s2)ccc1Br. The molecule has 0 aliphatic carbocycles. The molecule has 1 heterocycles. The summed E-state index contributed by atoms with van der Waals surface area (Å²) in [6.07, 6.45) is 0. The molecule has 0 bridgehead atoms. The van der Waals surface area contributed by atoms with Crippen molar-refractivity contribution in [3.05, 3.63) is 40.4 Å². The lowest BCUT2D eigenvalue weighted by molar-refractivity contribution is 0.600. The number of hydrogen-bond acceptors (Lipinski definition) is 4. The van der Waals surface area contributed by atoms with Gasteiger partial charge in [-0.05, 0) is 42.8 Å². The van der Waals surface area contributed by atoms with Gasteiger partial charge in [0, 0.05) is 9.37 Å². The summed E-state index contributed by atoms with van der Waals surface area (Å²) in [6, 6.07) is 8.26. The number of hydrogen-bond donors (Lipinski definition) is 1. The third-order valence-electron chi connectivity index (χ3n) is 2.36. The summed E-state index contributed by atoms with van der Waals surface area (Å²) in [5, 5.41) is 5.03. The largest absolute Gasteiger partial charge is 0.248 e. The van der Waals surface area contributed by atoms with Crippen molar-refractivity contribution in [1.29, 1.82) is 0 Å². The third-order valence-corrected chi connectivity index (χ3v) is 7.46. The number of thiophene rings is 1. The van der Waals surface area contributed by atoms with Crippen LogP contribution in [0.15, 0.2) is 48.1 Å². The van der Waals surface area contributed by atoms with E-state index in [-0.39, 0.29) is 4.21 Å². The van der Waals surface area contributed by atoms with Crippen molar-refractivity contribution in [2.75, 3.05) is 0 Å². The molecule has 2 rings (SSSR count). The van der Waals surface area contributed by atoms with E-state index in [9.17, 15) is 12.6 Å². The molecular weight excluding hydrogens is 370 g/mol. The lowest BCUT2D eigenvalue weighted by Crippen LogP contribution is -2.09. The van der Waals surface area contributed by atoms with Gasteiger partial charge in [-0.25, -0.2) is 17.8 Å². The van der Waals surface area contributed by atoms with Crippen LogP contribution in [0.2, 0.25) is 0 Å². The first kappa shape index (κ1) is 14.9. The Morgan fingerprint density at radius 1 is 1.26 bits per heavy atom. The molecule has 0 saturated heterocycles. The second kappa shape index (κ2) is 5.45. The molecule has 19 heavy (non-hydrogen) atoms. The Balaban J connectivity index is 2.39. The van der Waals surface area contributed by atoms with E-state index in [1.165, 1.54) is 12.1 Å². The molecule has 0 spiro atoms. The highest BCUT2D eigenvalue weighted by molar-refractivity contribution is 9.10. The maximum Gasteiger partial charge on any atom is 0.247 e. The van der Waals surface area contributed by atoms with Crippen LogP contribution >= 0.6 is 27.3 Å². The van der Waals surface area contributed by atoms with Gasteiger partial charge in [-0.15, -0.1) is 11.3 Å². The van der Waals surface area contributed by atoms with Gasteiger partial charge >= 0.3 is 0 Å². The predicted octanol–water partition coefficient (Wildman–Crippen LogP) is 2.63. The van der Waals surface area contributed by atoms with Crippen molar-refractivity contribution in [2.24, 2.45) is 5.14 Å². The second-order valence-electron chi connectivity index (χ2n) is 3.80. The molecular formula is C11H10BrNO3S3. The Kier molecular flexibility index (Phi) is 4.26. The monoisotopic (exact) mass is 379 g/mol. The molecule has 1 aromatic heterocycles. The molecule has 0 amide bonds. The fourth-order valence-electron chi connectivity index (χ4n) is 1.40. The second-order valence-corrected chi connectivity index (χ2v) is 9.23. The molecule has 102 valence electrons. The van der Waals surface area contributed by atoms with Crippen LogP contribution in [0.25, 0.3) is 0 Å². The van der Waals surface area contributed by atoms with E-state index in [1.807, 2.05) is 13.0 Å². The van der Waals surface area contributed by atoms with Crippen molar-refractivity contribution >= 4 is 48.1 Å². The molecule has 2 N–H and O–H groups in total. The standard InChI is InChI=1S/C11H10BrNO3S3/c1-7-6-8(2-3-9(7)12)18(14)10-4-5-11(17-10)19(13,15)16/h2-6H,1H3,(H2,13,15,16)/t18-/m1/s1.